The highest BCUT2D eigenvalue weighted by Gasteiger charge is 2.25. The van der Waals surface area contributed by atoms with Crippen LogP contribution in [0.1, 0.15) is 46.5 Å². The molecular formula is C15H32N4O2S2. The molecule has 1 fully saturated rings. The molecule has 1 aliphatic rings. The second-order valence-electron chi connectivity index (χ2n) is 6.77. The molecule has 0 spiro atoms. The van der Waals surface area contributed by atoms with Crippen LogP contribution in [-0.4, -0.2) is 56.8 Å². The van der Waals surface area contributed by atoms with Gasteiger partial charge in [0.15, 0.2) is 5.96 Å². The average Bonchev–Trinajstić information content (AvgIpc) is 2.41. The lowest BCUT2D eigenvalue weighted by Gasteiger charge is -2.31. The fraction of sp³-hybridized carbons (Fsp3) is 0.933. The minimum atomic E-state index is -3.23. The third kappa shape index (κ3) is 8.81. The van der Waals surface area contributed by atoms with E-state index in [4.69, 9.17) is 0 Å². The van der Waals surface area contributed by atoms with Crippen molar-refractivity contribution in [3.63, 3.8) is 0 Å². The van der Waals surface area contributed by atoms with Crippen molar-refractivity contribution < 1.29 is 8.42 Å². The van der Waals surface area contributed by atoms with E-state index in [1.165, 1.54) is 19.1 Å². The van der Waals surface area contributed by atoms with Gasteiger partial charge in [-0.05, 0) is 38.9 Å². The van der Waals surface area contributed by atoms with E-state index in [1.807, 2.05) is 25.6 Å². The van der Waals surface area contributed by atoms with Crippen LogP contribution in [0.3, 0.4) is 0 Å². The molecule has 2 unspecified atom stereocenters. The molecule has 0 bridgehead atoms. The Hall–Kier alpha value is -0.470. The lowest BCUT2D eigenvalue weighted by atomic mass is 9.95. The monoisotopic (exact) mass is 364 g/mol. The molecule has 23 heavy (non-hydrogen) atoms. The van der Waals surface area contributed by atoms with Crippen molar-refractivity contribution in [1.82, 2.24) is 15.4 Å². The van der Waals surface area contributed by atoms with Gasteiger partial charge in [-0.1, -0.05) is 13.3 Å². The van der Waals surface area contributed by atoms with Crippen LogP contribution < -0.4 is 15.4 Å². The minimum Gasteiger partial charge on any atom is -0.355 e. The van der Waals surface area contributed by atoms with Crippen LogP contribution in [0.25, 0.3) is 0 Å². The lowest BCUT2D eigenvalue weighted by Crippen LogP contribution is -2.54. The lowest BCUT2D eigenvalue weighted by molar-refractivity contribution is 0.411. The predicted molar refractivity (Wildman–Crippen MR) is 101 cm³/mol. The molecule has 0 aliphatic heterocycles. The van der Waals surface area contributed by atoms with Crippen LogP contribution >= 0.6 is 11.8 Å². The van der Waals surface area contributed by atoms with Crippen LogP contribution in [0, 0.1) is 0 Å². The van der Waals surface area contributed by atoms with E-state index in [0.717, 1.165) is 29.8 Å². The van der Waals surface area contributed by atoms with Gasteiger partial charge in [-0.3, -0.25) is 4.99 Å². The molecule has 0 amide bonds. The van der Waals surface area contributed by atoms with E-state index in [-0.39, 0.29) is 0 Å². The Morgan fingerprint density at radius 2 is 2.04 bits per heavy atom. The van der Waals surface area contributed by atoms with E-state index in [9.17, 15) is 8.42 Å². The number of nitrogens with zero attached hydrogens (tertiary/aromatic N) is 1. The zero-order chi connectivity index (χ0) is 17.5. The van der Waals surface area contributed by atoms with Crippen molar-refractivity contribution in [2.45, 2.75) is 63.3 Å². The maximum atomic E-state index is 11.4. The summed E-state index contributed by atoms with van der Waals surface area (Å²) in [5.41, 5.74) is -0.571. The molecule has 1 rings (SSSR count). The number of nitrogens with one attached hydrogen (secondary N) is 3. The quantitative estimate of drug-likeness (QED) is 0.471. The largest absolute Gasteiger partial charge is 0.355 e. The van der Waals surface area contributed by atoms with Crippen molar-refractivity contribution in [3.05, 3.63) is 0 Å². The fourth-order valence-corrected chi connectivity index (χ4v) is 5.14. The Morgan fingerprint density at radius 1 is 1.35 bits per heavy atom. The molecule has 136 valence electrons. The number of sulfonamides is 1. The van der Waals surface area contributed by atoms with Gasteiger partial charge >= 0.3 is 0 Å². The van der Waals surface area contributed by atoms with Gasteiger partial charge in [0, 0.05) is 30.4 Å². The summed E-state index contributed by atoms with van der Waals surface area (Å²) < 4.78 is 25.4. The smallest absolute Gasteiger partial charge is 0.209 e. The molecule has 1 aliphatic carbocycles. The summed E-state index contributed by atoms with van der Waals surface area (Å²) in [5.74, 6) is 1.90. The van der Waals surface area contributed by atoms with Crippen molar-refractivity contribution in [3.8, 4) is 0 Å². The second kappa shape index (κ2) is 9.13. The SMILES string of the molecule is CCSC1CCCC(NC(=NC)NCC(C)(C)NS(C)(=O)=O)C1. The van der Waals surface area contributed by atoms with Gasteiger partial charge in [0.2, 0.25) is 10.0 Å². The van der Waals surface area contributed by atoms with Crippen molar-refractivity contribution >= 4 is 27.7 Å². The van der Waals surface area contributed by atoms with Gasteiger partial charge in [-0.2, -0.15) is 11.8 Å². The predicted octanol–water partition coefficient (Wildman–Crippen LogP) is 1.54. The number of rotatable bonds is 7. The first-order valence-electron chi connectivity index (χ1n) is 8.23. The molecule has 0 aromatic rings. The molecule has 1 saturated carbocycles. The van der Waals surface area contributed by atoms with Crippen molar-refractivity contribution in [2.75, 3.05) is 25.6 Å². The number of hydrogen-bond acceptors (Lipinski definition) is 4. The first kappa shape index (κ1) is 20.6. The van der Waals surface area contributed by atoms with Gasteiger partial charge in [-0.15, -0.1) is 0 Å². The maximum absolute atomic E-state index is 11.4. The summed E-state index contributed by atoms with van der Waals surface area (Å²) in [6, 6.07) is 0.435. The zero-order valence-corrected chi connectivity index (χ0v) is 16.6. The highest BCUT2D eigenvalue weighted by molar-refractivity contribution is 7.99. The van der Waals surface area contributed by atoms with Crippen molar-refractivity contribution in [2.24, 2.45) is 4.99 Å². The zero-order valence-electron chi connectivity index (χ0n) is 15.0. The first-order valence-corrected chi connectivity index (χ1v) is 11.2. The summed E-state index contributed by atoms with van der Waals surface area (Å²) in [4.78, 5) is 4.26. The normalized spacial score (nSPS) is 23.6. The van der Waals surface area contributed by atoms with Crippen LogP contribution in [0.2, 0.25) is 0 Å². The topological polar surface area (TPSA) is 82.6 Å². The van der Waals surface area contributed by atoms with E-state index < -0.39 is 15.6 Å². The van der Waals surface area contributed by atoms with E-state index in [1.54, 1.807) is 7.05 Å². The molecule has 0 heterocycles. The highest BCUT2D eigenvalue weighted by Crippen LogP contribution is 2.28. The fourth-order valence-electron chi connectivity index (χ4n) is 2.89. The van der Waals surface area contributed by atoms with Gasteiger partial charge < -0.3 is 10.6 Å². The van der Waals surface area contributed by atoms with Gasteiger partial charge in [0.1, 0.15) is 0 Å². The van der Waals surface area contributed by atoms with Crippen LogP contribution in [0.5, 0.6) is 0 Å². The Bertz CT molecular complexity index is 490. The Kier molecular flexibility index (Phi) is 8.17. The Labute approximate surface area is 145 Å². The number of hydrogen-bond donors (Lipinski definition) is 3. The summed E-state index contributed by atoms with van der Waals surface area (Å²) in [6.45, 7) is 6.38. The molecule has 3 N–H and O–H groups in total. The Balaban J connectivity index is 2.48. The molecule has 2 atom stereocenters. The maximum Gasteiger partial charge on any atom is 0.209 e. The van der Waals surface area contributed by atoms with Gasteiger partial charge in [-0.25, -0.2) is 13.1 Å². The molecule has 0 radical (unpaired) electrons. The standard InChI is InChI=1S/C15H32N4O2S2/c1-6-22-13-9-7-8-12(10-13)18-14(16-4)17-11-15(2,3)19-23(5,20)21/h12-13,19H,6-11H2,1-5H3,(H2,16,17,18). The molecule has 0 aromatic heterocycles. The Morgan fingerprint density at radius 3 is 2.61 bits per heavy atom. The number of thioether (sulfide) groups is 1. The van der Waals surface area contributed by atoms with Crippen LogP contribution in [-0.2, 0) is 10.0 Å². The molecule has 0 saturated heterocycles. The highest BCUT2D eigenvalue weighted by atomic mass is 32.2. The number of aliphatic imine (C=N–C) groups is 1. The van der Waals surface area contributed by atoms with Gasteiger partial charge in [0.25, 0.3) is 0 Å². The second-order valence-corrected chi connectivity index (χ2v) is 10.1. The first-order chi connectivity index (χ1) is 10.6. The van der Waals surface area contributed by atoms with Gasteiger partial charge in [0.05, 0.1) is 6.26 Å². The van der Waals surface area contributed by atoms with Crippen molar-refractivity contribution in [1.29, 1.82) is 0 Å². The summed E-state index contributed by atoms with van der Waals surface area (Å²) in [6.07, 6.45) is 6.04. The minimum absolute atomic E-state index is 0.435. The summed E-state index contributed by atoms with van der Waals surface area (Å²) in [5, 5.41) is 7.44. The molecule has 8 heteroatoms. The van der Waals surface area contributed by atoms with E-state index in [2.05, 4.69) is 27.3 Å². The van der Waals surface area contributed by atoms with E-state index >= 15 is 0 Å². The molecule has 6 nitrogen and oxygen atoms in total. The number of guanidine groups is 1. The third-order valence-corrected chi connectivity index (χ3v) is 5.91. The summed E-state index contributed by atoms with van der Waals surface area (Å²) >= 11 is 2.04. The third-order valence-electron chi connectivity index (χ3n) is 3.75. The van der Waals surface area contributed by atoms with Crippen LogP contribution in [0.15, 0.2) is 4.99 Å². The molecule has 0 aromatic carbocycles. The van der Waals surface area contributed by atoms with Crippen LogP contribution in [0.4, 0.5) is 0 Å². The van der Waals surface area contributed by atoms with E-state index in [0.29, 0.717) is 12.6 Å². The molecular weight excluding hydrogens is 332 g/mol. The summed E-state index contributed by atoms with van der Waals surface area (Å²) in [7, 11) is -1.49. The average molecular weight is 365 g/mol.